The molecule has 8 atom stereocenters. The van der Waals surface area contributed by atoms with Gasteiger partial charge >= 0.3 is 12.0 Å². The first-order valence-electron chi connectivity index (χ1n) is 12.4. The third kappa shape index (κ3) is 4.70. The van der Waals surface area contributed by atoms with Crippen LogP contribution in [-0.4, -0.2) is 97.5 Å². The number of unbranched alkanes of at least 4 members (excludes halogenated alkanes) is 1. The number of amides is 3. The van der Waals surface area contributed by atoms with Crippen molar-refractivity contribution in [3.8, 4) is 0 Å². The van der Waals surface area contributed by atoms with Crippen LogP contribution in [0.25, 0.3) is 0 Å². The lowest BCUT2D eigenvalue weighted by Crippen LogP contribution is -2.88. The Morgan fingerprint density at radius 2 is 1.78 bits per heavy atom. The van der Waals surface area contributed by atoms with Crippen molar-refractivity contribution in [2.45, 2.75) is 113 Å². The monoisotopic (exact) mass is 531 g/mol. The van der Waals surface area contributed by atoms with Crippen LogP contribution in [0.5, 0.6) is 0 Å². The minimum Gasteiger partial charge on any atom is -0.463 e. The molecule has 3 aliphatic heterocycles. The van der Waals surface area contributed by atoms with Crippen LogP contribution in [0.4, 0.5) is 4.79 Å². The lowest BCUT2D eigenvalue weighted by molar-refractivity contribution is -0.372. The van der Waals surface area contributed by atoms with Gasteiger partial charge in [0.15, 0.2) is 0 Å². The van der Waals surface area contributed by atoms with Crippen molar-refractivity contribution in [2.24, 2.45) is 0 Å². The molecule has 3 amide bonds. The molecule has 3 saturated heterocycles. The summed E-state index contributed by atoms with van der Waals surface area (Å²) >= 11 is 1.82. The SMILES string of the molecule is CC(=O)NC1(C)C(C)(COC(=O)CCCCC2SC[C@@H]3NC(=O)N[C@H]23)OC(C)(CO)C(C)(O)C1(C)O. The predicted molar refractivity (Wildman–Crippen MR) is 133 cm³/mol. The normalized spacial score (nSPS) is 43.9. The van der Waals surface area contributed by atoms with Crippen LogP contribution < -0.4 is 16.0 Å². The molecule has 0 aromatic rings. The number of urea groups is 1. The zero-order valence-corrected chi connectivity index (χ0v) is 22.8. The highest BCUT2D eigenvalue weighted by molar-refractivity contribution is 8.00. The summed E-state index contributed by atoms with van der Waals surface area (Å²) in [5.41, 5.74) is -8.64. The van der Waals surface area contributed by atoms with Gasteiger partial charge in [-0.15, -0.1) is 0 Å². The van der Waals surface area contributed by atoms with Gasteiger partial charge in [-0.3, -0.25) is 9.59 Å². The van der Waals surface area contributed by atoms with Crippen molar-refractivity contribution < 1.29 is 39.2 Å². The van der Waals surface area contributed by atoms with Gasteiger partial charge in [-0.2, -0.15) is 11.8 Å². The number of nitrogens with one attached hydrogen (secondary N) is 3. The Morgan fingerprint density at radius 3 is 2.39 bits per heavy atom. The second kappa shape index (κ2) is 9.94. The molecule has 3 aliphatic rings. The molecule has 0 radical (unpaired) electrons. The van der Waals surface area contributed by atoms with E-state index in [1.54, 1.807) is 6.92 Å². The number of fused-ring (bicyclic) bond motifs is 1. The summed E-state index contributed by atoms with van der Waals surface area (Å²) in [4.78, 5) is 36.2. The Hall–Kier alpha value is -1.60. The number of hydrogen-bond acceptors (Lipinski definition) is 9. The molecule has 3 heterocycles. The molecule has 6 unspecified atom stereocenters. The predicted octanol–water partition coefficient (Wildman–Crippen LogP) is 0.192. The summed E-state index contributed by atoms with van der Waals surface area (Å²) < 4.78 is 11.7. The fourth-order valence-corrected chi connectivity index (χ4v) is 7.27. The maximum absolute atomic E-state index is 12.6. The van der Waals surface area contributed by atoms with Crippen molar-refractivity contribution in [1.82, 2.24) is 16.0 Å². The Labute approximate surface area is 216 Å². The summed E-state index contributed by atoms with van der Waals surface area (Å²) in [7, 11) is 0. The Morgan fingerprint density at radius 1 is 1.11 bits per heavy atom. The molecule has 11 nitrogen and oxygen atoms in total. The first kappa shape index (κ1) is 29.0. The molecule has 12 heteroatoms. The van der Waals surface area contributed by atoms with Gasteiger partial charge in [0.2, 0.25) is 5.91 Å². The third-order valence-electron chi connectivity index (χ3n) is 8.75. The maximum atomic E-state index is 12.6. The number of esters is 1. The number of aliphatic hydroxyl groups excluding tert-OH is 1. The van der Waals surface area contributed by atoms with Gasteiger partial charge in [-0.05, 0) is 47.5 Å². The smallest absolute Gasteiger partial charge is 0.315 e. The highest BCUT2D eigenvalue weighted by Crippen LogP contribution is 2.53. The van der Waals surface area contributed by atoms with Crippen molar-refractivity contribution in [3.63, 3.8) is 0 Å². The van der Waals surface area contributed by atoms with E-state index in [-0.39, 0.29) is 31.1 Å². The van der Waals surface area contributed by atoms with E-state index in [1.165, 1.54) is 34.6 Å². The highest BCUT2D eigenvalue weighted by atomic mass is 32.2. The molecular formula is C24H41N3O8S. The van der Waals surface area contributed by atoms with Crippen LogP contribution in [0.1, 0.15) is 67.2 Å². The minimum atomic E-state index is -1.98. The number of ether oxygens (including phenoxy) is 2. The summed E-state index contributed by atoms with van der Waals surface area (Å²) in [6.07, 6.45) is 2.45. The molecule has 3 rings (SSSR count). The summed E-state index contributed by atoms with van der Waals surface area (Å²) in [5, 5.41) is 41.8. The van der Waals surface area contributed by atoms with Crippen LogP contribution in [0.2, 0.25) is 0 Å². The second-order valence-corrected chi connectivity index (χ2v) is 12.5. The zero-order valence-electron chi connectivity index (χ0n) is 22.0. The topological polar surface area (TPSA) is 166 Å². The number of rotatable bonds is 9. The van der Waals surface area contributed by atoms with Crippen LogP contribution in [0.3, 0.4) is 0 Å². The van der Waals surface area contributed by atoms with E-state index >= 15 is 0 Å². The maximum Gasteiger partial charge on any atom is 0.315 e. The standard InChI is InChI=1S/C24H41N3O8S/c1-14(29)27-22(4)21(3,35-20(2,12-28)23(5,32)24(22,6)33)13-34-17(30)10-8-7-9-16-18-15(11-36-16)25-19(31)26-18/h15-16,18,28,32-33H,7-13H2,1-6H3,(H,27,29)(H2,25,26,31)/t15-,16?,18-,20?,21?,22?,23?,24?/m0/s1. The van der Waals surface area contributed by atoms with E-state index in [2.05, 4.69) is 16.0 Å². The van der Waals surface area contributed by atoms with Gasteiger partial charge in [-0.1, -0.05) is 6.42 Å². The Balaban J connectivity index is 1.61. The fraction of sp³-hybridized carbons (Fsp3) is 0.875. The van der Waals surface area contributed by atoms with Crippen LogP contribution >= 0.6 is 11.8 Å². The van der Waals surface area contributed by atoms with Gasteiger partial charge < -0.3 is 40.7 Å². The van der Waals surface area contributed by atoms with E-state index in [1.807, 2.05) is 11.8 Å². The zero-order chi connectivity index (χ0) is 27.2. The molecule has 0 bridgehead atoms. The third-order valence-corrected chi connectivity index (χ3v) is 10.3. The molecule has 0 aliphatic carbocycles. The van der Waals surface area contributed by atoms with E-state index in [4.69, 9.17) is 9.47 Å². The number of carbonyl (C=O) groups is 3. The average Bonchev–Trinajstić information content (AvgIpc) is 3.32. The fourth-order valence-electron chi connectivity index (χ4n) is 5.73. The molecule has 36 heavy (non-hydrogen) atoms. The molecule has 206 valence electrons. The lowest BCUT2D eigenvalue weighted by Gasteiger charge is -2.67. The summed E-state index contributed by atoms with van der Waals surface area (Å²) in [5.74, 6) is -0.0472. The van der Waals surface area contributed by atoms with Gasteiger partial charge in [0.05, 0.1) is 18.7 Å². The van der Waals surface area contributed by atoms with Gasteiger partial charge in [0.25, 0.3) is 0 Å². The molecule has 3 fully saturated rings. The average molecular weight is 532 g/mol. The molecule has 0 saturated carbocycles. The molecule has 6 N–H and O–H groups in total. The molecule has 0 spiro atoms. The van der Waals surface area contributed by atoms with Crippen LogP contribution in [0.15, 0.2) is 0 Å². The number of aliphatic hydroxyl groups is 3. The van der Waals surface area contributed by atoms with Crippen molar-refractivity contribution >= 4 is 29.7 Å². The molecular weight excluding hydrogens is 490 g/mol. The van der Waals surface area contributed by atoms with E-state index in [0.717, 1.165) is 18.6 Å². The van der Waals surface area contributed by atoms with E-state index in [9.17, 15) is 29.7 Å². The number of hydrogen-bond donors (Lipinski definition) is 6. The summed E-state index contributed by atoms with van der Waals surface area (Å²) in [6, 6.07) is 0.158. The largest absolute Gasteiger partial charge is 0.463 e. The van der Waals surface area contributed by atoms with E-state index < -0.39 is 46.4 Å². The number of thioether (sulfide) groups is 1. The van der Waals surface area contributed by atoms with Crippen LogP contribution in [-0.2, 0) is 19.1 Å². The van der Waals surface area contributed by atoms with Gasteiger partial charge in [0.1, 0.15) is 34.6 Å². The molecule has 0 aromatic carbocycles. The van der Waals surface area contributed by atoms with Crippen LogP contribution in [0, 0.1) is 0 Å². The summed E-state index contributed by atoms with van der Waals surface area (Å²) in [6.45, 7) is 7.61. The van der Waals surface area contributed by atoms with Gasteiger partial charge in [-0.25, -0.2) is 4.79 Å². The quantitative estimate of drug-likeness (QED) is 0.138. The van der Waals surface area contributed by atoms with Crippen molar-refractivity contribution in [3.05, 3.63) is 0 Å². The Kier molecular flexibility index (Phi) is 7.99. The van der Waals surface area contributed by atoms with Crippen molar-refractivity contribution in [2.75, 3.05) is 19.0 Å². The first-order valence-corrected chi connectivity index (χ1v) is 13.5. The second-order valence-electron chi connectivity index (χ2n) is 11.2. The Bertz CT molecular complexity index is 885. The highest BCUT2D eigenvalue weighted by Gasteiger charge is 2.74. The van der Waals surface area contributed by atoms with Crippen molar-refractivity contribution in [1.29, 1.82) is 0 Å². The van der Waals surface area contributed by atoms with Gasteiger partial charge in [0, 0.05) is 24.3 Å². The number of carbonyl (C=O) groups excluding carboxylic acids is 3. The lowest BCUT2D eigenvalue weighted by atomic mass is 9.56. The minimum absolute atomic E-state index is 0.121. The molecule has 0 aromatic heterocycles. The van der Waals surface area contributed by atoms with E-state index in [0.29, 0.717) is 11.7 Å². The first-order chi connectivity index (χ1) is 16.5.